The van der Waals surface area contributed by atoms with Crippen LogP contribution in [0.1, 0.15) is 45.8 Å². The number of ether oxygens (including phenoxy) is 1. The van der Waals surface area contributed by atoms with Gasteiger partial charge in [0.25, 0.3) is 5.91 Å². The highest BCUT2D eigenvalue weighted by molar-refractivity contribution is 6.39. The molecule has 0 unspecified atom stereocenters. The van der Waals surface area contributed by atoms with Gasteiger partial charge >= 0.3 is 0 Å². The number of benzene rings is 2. The number of aromatic nitrogens is 3. The van der Waals surface area contributed by atoms with Gasteiger partial charge in [-0.2, -0.15) is 0 Å². The molecule has 250 valence electrons. The van der Waals surface area contributed by atoms with E-state index < -0.39 is 0 Å². The van der Waals surface area contributed by atoms with Crippen molar-refractivity contribution in [3.05, 3.63) is 86.9 Å². The van der Waals surface area contributed by atoms with E-state index in [2.05, 4.69) is 20.1 Å². The number of rotatable bonds is 10. The molecule has 1 saturated carbocycles. The highest BCUT2D eigenvalue weighted by Gasteiger charge is 2.43. The van der Waals surface area contributed by atoms with Gasteiger partial charge in [0.15, 0.2) is 0 Å². The summed E-state index contributed by atoms with van der Waals surface area (Å²) in [5.41, 5.74) is 7.16. The Kier molecular flexibility index (Phi) is 9.14. The summed E-state index contributed by atoms with van der Waals surface area (Å²) in [6.45, 7) is 6.38. The van der Waals surface area contributed by atoms with Crippen molar-refractivity contribution in [3.63, 3.8) is 0 Å². The summed E-state index contributed by atoms with van der Waals surface area (Å²) in [5.74, 6) is 0.0509. The number of aliphatic hydroxyl groups excluding tert-OH is 2. The maximum Gasteiger partial charge on any atom is 0.274 e. The van der Waals surface area contributed by atoms with Crippen LogP contribution in [0.4, 0.5) is 5.69 Å². The number of nitrogens with one attached hydrogen (secondary N) is 1. The van der Waals surface area contributed by atoms with Crippen LogP contribution in [-0.2, 0) is 19.5 Å². The van der Waals surface area contributed by atoms with Crippen LogP contribution in [0.2, 0.25) is 10.0 Å². The van der Waals surface area contributed by atoms with Crippen molar-refractivity contribution >= 4 is 34.8 Å². The molecule has 10 nitrogen and oxygen atoms in total. The lowest BCUT2D eigenvalue weighted by atomic mass is 9.97. The van der Waals surface area contributed by atoms with E-state index in [1.807, 2.05) is 43.3 Å². The fraction of sp³-hybridized carbons (Fsp3) is 0.389. The highest BCUT2D eigenvalue weighted by atomic mass is 35.5. The van der Waals surface area contributed by atoms with Crippen LogP contribution in [-0.4, -0.2) is 86.9 Å². The maximum atomic E-state index is 13.6. The van der Waals surface area contributed by atoms with Crippen LogP contribution < -0.4 is 10.1 Å². The first kappa shape index (κ1) is 32.9. The molecule has 4 heterocycles. The number of carbonyl (C=O) groups excluding carboxylic acids is 1. The number of pyridine rings is 1. The van der Waals surface area contributed by atoms with Gasteiger partial charge in [-0.05, 0) is 49.4 Å². The van der Waals surface area contributed by atoms with E-state index in [4.69, 9.17) is 37.9 Å². The number of hydrogen-bond acceptors (Lipinski definition) is 9. The van der Waals surface area contributed by atoms with E-state index >= 15 is 0 Å². The van der Waals surface area contributed by atoms with E-state index in [-0.39, 0.29) is 24.0 Å². The van der Waals surface area contributed by atoms with Gasteiger partial charge in [-0.1, -0.05) is 53.5 Å². The van der Waals surface area contributed by atoms with Crippen LogP contribution in [0.25, 0.3) is 22.4 Å². The summed E-state index contributed by atoms with van der Waals surface area (Å²) in [4.78, 5) is 32.1. The normalized spacial score (nSPS) is 17.5. The van der Waals surface area contributed by atoms with E-state index in [1.165, 1.54) is 5.56 Å². The fourth-order valence-corrected chi connectivity index (χ4v) is 7.31. The van der Waals surface area contributed by atoms with Crippen molar-refractivity contribution in [3.8, 4) is 28.3 Å². The second-order valence-electron chi connectivity index (χ2n) is 13.2. The number of carbonyl (C=O) groups is 1. The van der Waals surface area contributed by atoms with Crippen molar-refractivity contribution < 1.29 is 19.7 Å². The third kappa shape index (κ3) is 6.53. The molecule has 0 radical (unpaired) electrons. The van der Waals surface area contributed by atoms with Crippen molar-refractivity contribution in [1.29, 1.82) is 0 Å². The molecule has 0 bridgehead atoms. The molecule has 1 aliphatic carbocycles. The molecule has 7 rings (SSSR count). The van der Waals surface area contributed by atoms with Gasteiger partial charge < -0.3 is 20.3 Å². The smallest absolute Gasteiger partial charge is 0.274 e. The average Bonchev–Trinajstić information content (AvgIpc) is 3.85. The van der Waals surface area contributed by atoms with Crippen LogP contribution in [0.3, 0.4) is 0 Å². The SMILES string of the molecule is COc1nc(-c2cccc(-c3cccc(NC(=O)c4cc(C)c5c(n4)CN(CC4(CO)CC4)CC5)c3Cl)c2Cl)cnc1CN1CC(O)C1. The molecule has 0 atom stereocenters. The highest BCUT2D eigenvalue weighted by Crippen LogP contribution is 2.46. The van der Waals surface area contributed by atoms with Crippen LogP contribution in [0, 0.1) is 12.3 Å². The molecule has 2 aromatic carbocycles. The van der Waals surface area contributed by atoms with Crippen molar-refractivity contribution in [1.82, 2.24) is 24.8 Å². The predicted molar refractivity (Wildman–Crippen MR) is 185 cm³/mol. The number of fused-ring (bicyclic) bond motifs is 1. The summed E-state index contributed by atoms with van der Waals surface area (Å²) in [7, 11) is 1.55. The number of anilines is 1. The Hall–Kier alpha value is -3.64. The first-order valence-electron chi connectivity index (χ1n) is 16.2. The number of β-amino-alcohol motifs (C(OH)–C–C–N with tert-alkyl or cyclic N) is 1. The van der Waals surface area contributed by atoms with E-state index in [0.29, 0.717) is 81.6 Å². The zero-order chi connectivity index (χ0) is 33.6. The van der Waals surface area contributed by atoms with Crippen LogP contribution >= 0.6 is 23.2 Å². The summed E-state index contributed by atoms with van der Waals surface area (Å²) in [5, 5.41) is 23.2. The molecule has 12 heteroatoms. The van der Waals surface area contributed by atoms with Crippen LogP contribution in [0.15, 0.2) is 48.7 Å². The first-order chi connectivity index (χ1) is 23.2. The molecule has 2 aliphatic heterocycles. The Labute approximate surface area is 289 Å². The molecule has 4 aromatic rings. The Morgan fingerprint density at radius 1 is 1.06 bits per heavy atom. The Morgan fingerprint density at radius 2 is 1.79 bits per heavy atom. The summed E-state index contributed by atoms with van der Waals surface area (Å²) >= 11 is 13.9. The molecule has 48 heavy (non-hydrogen) atoms. The maximum absolute atomic E-state index is 13.6. The quantitative estimate of drug-likeness (QED) is 0.201. The molecular weight excluding hydrogens is 651 g/mol. The molecule has 0 spiro atoms. The monoisotopic (exact) mass is 688 g/mol. The van der Waals surface area contributed by atoms with E-state index in [9.17, 15) is 15.0 Å². The average molecular weight is 690 g/mol. The van der Waals surface area contributed by atoms with E-state index in [1.54, 1.807) is 19.4 Å². The molecule has 1 saturated heterocycles. The zero-order valence-electron chi connectivity index (χ0n) is 27.0. The number of aryl methyl sites for hydroxylation is 1. The standard InChI is InChI=1S/C36H38Cl2N6O4/c1-21-13-28(40-30-17-43(12-9-23(21)30)19-36(20-45)10-11-36)34(47)41-27-8-4-6-25(33(27)38)24-5-3-7-26(32(24)37)29-14-39-31(35(42-29)48-2)18-44-15-22(46)16-44/h3-8,13-14,22,45-46H,9-12,15-20H2,1-2H3,(H,41,47). The predicted octanol–water partition coefficient (Wildman–Crippen LogP) is 5.39. The first-order valence-corrected chi connectivity index (χ1v) is 16.9. The van der Waals surface area contributed by atoms with Gasteiger partial charge in [0, 0.05) is 68.0 Å². The topological polar surface area (TPSA) is 124 Å². The number of amides is 1. The molecule has 2 aromatic heterocycles. The molecule has 1 amide bonds. The van der Waals surface area contributed by atoms with Gasteiger partial charge in [-0.15, -0.1) is 0 Å². The third-order valence-electron chi connectivity index (χ3n) is 9.70. The summed E-state index contributed by atoms with van der Waals surface area (Å²) in [6.07, 6.45) is 4.34. The number of halogens is 2. The van der Waals surface area contributed by atoms with Gasteiger partial charge in [-0.25, -0.2) is 9.97 Å². The van der Waals surface area contributed by atoms with Crippen LogP contribution in [0.5, 0.6) is 5.88 Å². The number of methoxy groups -OCH3 is 1. The van der Waals surface area contributed by atoms with Gasteiger partial charge in [0.05, 0.1) is 46.5 Å². The van der Waals surface area contributed by atoms with Crippen molar-refractivity contribution in [2.45, 2.75) is 45.4 Å². The number of hydrogen-bond donors (Lipinski definition) is 3. The molecular formula is C36H38Cl2N6O4. The second-order valence-corrected chi connectivity index (χ2v) is 14.0. The minimum absolute atomic E-state index is 0.0240. The minimum Gasteiger partial charge on any atom is -0.480 e. The Balaban J connectivity index is 1.11. The Morgan fingerprint density at radius 3 is 2.50 bits per heavy atom. The summed E-state index contributed by atoms with van der Waals surface area (Å²) in [6, 6.07) is 12.9. The van der Waals surface area contributed by atoms with Gasteiger partial charge in [0.2, 0.25) is 5.88 Å². The minimum atomic E-state index is -0.346. The van der Waals surface area contributed by atoms with Crippen molar-refractivity contribution in [2.24, 2.45) is 5.41 Å². The second kappa shape index (κ2) is 13.3. The largest absolute Gasteiger partial charge is 0.480 e. The number of aliphatic hydroxyl groups is 2. The lowest BCUT2D eigenvalue weighted by Crippen LogP contribution is -2.50. The zero-order valence-corrected chi connectivity index (χ0v) is 28.5. The fourth-order valence-electron chi connectivity index (χ4n) is 6.71. The lowest BCUT2D eigenvalue weighted by Gasteiger charge is -2.35. The lowest BCUT2D eigenvalue weighted by molar-refractivity contribution is -0.00403. The molecule has 2 fully saturated rings. The van der Waals surface area contributed by atoms with Gasteiger partial charge in [-0.3, -0.25) is 19.6 Å². The third-order valence-corrected chi connectivity index (χ3v) is 10.5. The van der Waals surface area contributed by atoms with Crippen molar-refractivity contribution in [2.75, 3.05) is 45.2 Å². The number of likely N-dealkylation sites (tertiary alicyclic amines) is 1. The van der Waals surface area contributed by atoms with Gasteiger partial charge in [0.1, 0.15) is 11.4 Å². The Bertz CT molecular complexity index is 1880. The summed E-state index contributed by atoms with van der Waals surface area (Å²) < 4.78 is 5.55. The number of nitrogens with zero attached hydrogens (tertiary/aromatic N) is 5. The molecule has 3 N–H and O–H groups in total. The van der Waals surface area contributed by atoms with E-state index in [0.717, 1.165) is 43.6 Å². The molecule has 3 aliphatic rings.